The number of aliphatic carboxylic acids is 1. The fourth-order valence-corrected chi connectivity index (χ4v) is 3.09. The highest BCUT2D eigenvalue weighted by atomic mass is 32.2. The van der Waals surface area contributed by atoms with Crippen LogP contribution in [0, 0.1) is 0 Å². The van der Waals surface area contributed by atoms with Gasteiger partial charge < -0.3 is 15.7 Å². The maximum absolute atomic E-state index is 11.8. The summed E-state index contributed by atoms with van der Waals surface area (Å²) in [5.74, 6) is 0.852. The zero-order chi connectivity index (χ0) is 13.7. The van der Waals surface area contributed by atoms with E-state index in [1.165, 1.54) is 0 Å². The number of hydrogen-bond acceptors (Lipinski definition) is 3. The fraction of sp³-hybridized carbons (Fsp3) is 0.385. The summed E-state index contributed by atoms with van der Waals surface area (Å²) in [4.78, 5) is 23.0. The maximum Gasteiger partial charge on any atom is 0.330 e. The van der Waals surface area contributed by atoms with Crippen molar-refractivity contribution in [2.75, 3.05) is 11.5 Å². The number of urea groups is 1. The Morgan fingerprint density at radius 2 is 2.05 bits per heavy atom. The highest BCUT2D eigenvalue weighted by Crippen LogP contribution is 2.17. The van der Waals surface area contributed by atoms with Gasteiger partial charge in [0, 0.05) is 11.8 Å². The summed E-state index contributed by atoms with van der Waals surface area (Å²) in [6, 6.07) is 7.36. The molecule has 1 fully saturated rings. The summed E-state index contributed by atoms with van der Waals surface area (Å²) in [5.41, 5.74) is 0.561. The molecule has 0 saturated carbocycles. The van der Waals surface area contributed by atoms with Crippen molar-refractivity contribution in [1.82, 2.24) is 10.6 Å². The molecule has 102 valence electrons. The number of carboxylic acid groups (broad SMARTS) is 1. The minimum Gasteiger partial charge on any atom is -0.479 e. The van der Waals surface area contributed by atoms with E-state index in [4.69, 9.17) is 0 Å². The molecule has 1 heterocycles. The molecule has 2 amide bonds. The monoisotopic (exact) mass is 280 g/mol. The van der Waals surface area contributed by atoms with Crippen LogP contribution in [0.5, 0.6) is 0 Å². The second-order valence-electron chi connectivity index (χ2n) is 4.36. The van der Waals surface area contributed by atoms with Gasteiger partial charge >= 0.3 is 12.0 Å². The summed E-state index contributed by atoms with van der Waals surface area (Å²) >= 11 is 1.79. The number of nitrogens with one attached hydrogen (secondary N) is 2. The average molecular weight is 280 g/mol. The molecule has 0 radical (unpaired) electrons. The summed E-state index contributed by atoms with van der Waals surface area (Å²) in [6.07, 6.45) is 0.932. The van der Waals surface area contributed by atoms with Crippen molar-refractivity contribution in [3.05, 3.63) is 35.9 Å². The molecule has 3 N–H and O–H groups in total. The van der Waals surface area contributed by atoms with E-state index in [0.29, 0.717) is 5.56 Å². The molecule has 6 heteroatoms. The van der Waals surface area contributed by atoms with Crippen molar-refractivity contribution in [1.29, 1.82) is 0 Å². The van der Waals surface area contributed by atoms with Gasteiger partial charge in [-0.1, -0.05) is 30.3 Å². The molecule has 0 spiro atoms. The van der Waals surface area contributed by atoms with Gasteiger partial charge in [-0.2, -0.15) is 11.8 Å². The molecular weight excluding hydrogens is 264 g/mol. The molecule has 1 aromatic rings. The largest absolute Gasteiger partial charge is 0.479 e. The molecular formula is C13H16N2O3S. The first-order valence-corrected chi connectivity index (χ1v) is 7.25. The number of carbonyl (C=O) groups excluding carboxylic acids is 1. The number of carbonyl (C=O) groups is 2. The van der Waals surface area contributed by atoms with Gasteiger partial charge in [-0.25, -0.2) is 9.59 Å². The number of rotatable bonds is 4. The Morgan fingerprint density at radius 3 is 2.63 bits per heavy atom. The Balaban J connectivity index is 1.97. The minimum absolute atomic E-state index is 0.134. The van der Waals surface area contributed by atoms with Crippen molar-refractivity contribution in [3.8, 4) is 0 Å². The van der Waals surface area contributed by atoms with E-state index in [2.05, 4.69) is 10.6 Å². The summed E-state index contributed by atoms with van der Waals surface area (Å²) in [7, 11) is 0. The predicted molar refractivity (Wildman–Crippen MR) is 74.2 cm³/mol. The summed E-state index contributed by atoms with van der Waals surface area (Å²) in [5, 5.41) is 14.5. The number of carboxylic acids is 1. The molecule has 1 aromatic carbocycles. The normalized spacial score (nSPS) is 19.7. The lowest BCUT2D eigenvalue weighted by atomic mass is 10.1. The highest BCUT2D eigenvalue weighted by molar-refractivity contribution is 7.99. The molecule has 19 heavy (non-hydrogen) atoms. The van der Waals surface area contributed by atoms with Gasteiger partial charge in [-0.3, -0.25) is 0 Å². The third kappa shape index (κ3) is 3.89. The van der Waals surface area contributed by atoms with Gasteiger partial charge in [0.05, 0.1) is 0 Å². The first-order valence-electron chi connectivity index (χ1n) is 6.09. The highest BCUT2D eigenvalue weighted by Gasteiger charge is 2.24. The van der Waals surface area contributed by atoms with Crippen LogP contribution < -0.4 is 10.6 Å². The molecule has 2 atom stereocenters. The molecule has 2 unspecified atom stereocenters. The minimum atomic E-state index is -1.07. The van der Waals surface area contributed by atoms with E-state index in [-0.39, 0.29) is 6.04 Å². The predicted octanol–water partition coefficient (Wildman–Crippen LogP) is 1.62. The zero-order valence-electron chi connectivity index (χ0n) is 10.3. The average Bonchev–Trinajstić information content (AvgIpc) is 2.89. The number of thioether (sulfide) groups is 1. The van der Waals surface area contributed by atoms with Crippen molar-refractivity contribution < 1.29 is 14.7 Å². The smallest absolute Gasteiger partial charge is 0.330 e. The van der Waals surface area contributed by atoms with Crippen LogP contribution in [0.25, 0.3) is 0 Å². The van der Waals surface area contributed by atoms with E-state index in [1.54, 1.807) is 42.1 Å². The van der Waals surface area contributed by atoms with Crippen LogP contribution in [0.4, 0.5) is 4.79 Å². The molecule has 1 aliphatic rings. The molecule has 1 saturated heterocycles. The summed E-state index contributed by atoms with van der Waals surface area (Å²) < 4.78 is 0. The Kier molecular flexibility index (Phi) is 4.68. The van der Waals surface area contributed by atoms with Crippen molar-refractivity contribution >= 4 is 23.8 Å². The topological polar surface area (TPSA) is 78.4 Å². The van der Waals surface area contributed by atoms with Crippen LogP contribution in [-0.2, 0) is 4.79 Å². The van der Waals surface area contributed by atoms with Crippen LogP contribution in [0.1, 0.15) is 18.0 Å². The lowest BCUT2D eigenvalue weighted by molar-refractivity contribution is -0.139. The van der Waals surface area contributed by atoms with Crippen LogP contribution in [-0.4, -0.2) is 34.7 Å². The first kappa shape index (κ1) is 13.7. The number of amides is 2. The Bertz CT molecular complexity index is 446. The van der Waals surface area contributed by atoms with Gasteiger partial charge in [0.15, 0.2) is 6.04 Å². The van der Waals surface area contributed by atoms with E-state index in [0.717, 1.165) is 17.9 Å². The lowest BCUT2D eigenvalue weighted by Gasteiger charge is -2.17. The van der Waals surface area contributed by atoms with E-state index in [1.807, 2.05) is 0 Å². The third-order valence-electron chi connectivity index (χ3n) is 2.92. The number of hydrogen-bond donors (Lipinski definition) is 3. The molecule has 5 nitrogen and oxygen atoms in total. The van der Waals surface area contributed by atoms with E-state index in [9.17, 15) is 14.7 Å². The molecule has 0 aromatic heterocycles. The summed E-state index contributed by atoms with van der Waals surface area (Å²) in [6.45, 7) is 0. The van der Waals surface area contributed by atoms with Crippen LogP contribution in [0.15, 0.2) is 30.3 Å². The Labute approximate surface area is 115 Å². The van der Waals surface area contributed by atoms with E-state index >= 15 is 0 Å². The SMILES string of the molecule is O=C(NC1CCSC1)NC(C(=O)O)c1ccccc1. The number of benzene rings is 1. The van der Waals surface area contributed by atoms with Gasteiger partial charge in [0.1, 0.15) is 0 Å². The Hall–Kier alpha value is -1.69. The standard InChI is InChI=1S/C13H16N2O3S/c16-12(17)11(9-4-2-1-3-5-9)15-13(18)14-10-6-7-19-8-10/h1-5,10-11H,6-8H2,(H,16,17)(H2,14,15,18). The van der Waals surface area contributed by atoms with Crippen LogP contribution >= 0.6 is 11.8 Å². The van der Waals surface area contributed by atoms with Gasteiger partial charge in [-0.05, 0) is 17.7 Å². The van der Waals surface area contributed by atoms with Gasteiger partial charge in [-0.15, -0.1) is 0 Å². The van der Waals surface area contributed by atoms with Crippen molar-refractivity contribution in [2.45, 2.75) is 18.5 Å². The van der Waals surface area contributed by atoms with E-state index < -0.39 is 18.0 Å². The maximum atomic E-state index is 11.8. The van der Waals surface area contributed by atoms with Gasteiger partial charge in [0.2, 0.25) is 0 Å². The quantitative estimate of drug-likeness (QED) is 0.783. The molecule has 0 bridgehead atoms. The van der Waals surface area contributed by atoms with Crippen molar-refractivity contribution in [2.24, 2.45) is 0 Å². The first-order chi connectivity index (χ1) is 9.16. The molecule has 2 rings (SSSR count). The Morgan fingerprint density at radius 1 is 1.32 bits per heavy atom. The lowest BCUT2D eigenvalue weighted by Crippen LogP contribution is -2.45. The second-order valence-corrected chi connectivity index (χ2v) is 5.51. The van der Waals surface area contributed by atoms with Crippen LogP contribution in [0.3, 0.4) is 0 Å². The van der Waals surface area contributed by atoms with Gasteiger partial charge in [0.25, 0.3) is 0 Å². The van der Waals surface area contributed by atoms with Crippen LogP contribution in [0.2, 0.25) is 0 Å². The zero-order valence-corrected chi connectivity index (χ0v) is 11.2. The molecule has 0 aliphatic carbocycles. The second kappa shape index (κ2) is 6.47. The van der Waals surface area contributed by atoms with Crippen molar-refractivity contribution in [3.63, 3.8) is 0 Å². The molecule has 1 aliphatic heterocycles. The fourth-order valence-electron chi connectivity index (χ4n) is 1.94. The third-order valence-corrected chi connectivity index (χ3v) is 4.08.